The number of hydrogen-bond acceptors (Lipinski definition) is 2. The van der Waals surface area contributed by atoms with Crippen molar-refractivity contribution in [2.75, 3.05) is 0 Å². The standard InChI is InChI=1S/C14H14ClFN4S/c1-7-9(8(2)19(3)18-7)6-20-13-5-11(16)10(15)4-12(13)17-14(20)21/h4-5H,6H2,1-3H3,(H,17,21). The van der Waals surface area contributed by atoms with Crippen LogP contribution in [0.4, 0.5) is 4.39 Å². The fraction of sp³-hybridized carbons (Fsp3) is 0.286. The Balaban J connectivity index is 2.19. The summed E-state index contributed by atoms with van der Waals surface area (Å²) in [6.45, 7) is 4.51. The van der Waals surface area contributed by atoms with Crippen LogP contribution in [0.5, 0.6) is 0 Å². The van der Waals surface area contributed by atoms with Crippen molar-refractivity contribution >= 4 is 34.9 Å². The number of halogens is 2. The lowest BCUT2D eigenvalue weighted by Crippen LogP contribution is -2.03. The fourth-order valence-corrected chi connectivity index (χ4v) is 2.95. The Morgan fingerprint density at radius 1 is 1.38 bits per heavy atom. The molecule has 1 aromatic carbocycles. The highest BCUT2D eigenvalue weighted by Crippen LogP contribution is 2.24. The minimum Gasteiger partial charge on any atom is -0.331 e. The predicted octanol–water partition coefficient (Wildman–Crippen LogP) is 3.89. The summed E-state index contributed by atoms with van der Waals surface area (Å²) in [7, 11) is 1.90. The minimum atomic E-state index is -0.452. The Kier molecular flexibility index (Phi) is 3.37. The highest BCUT2D eigenvalue weighted by molar-refractivity contribution is 7.71. The first kappa shape index (κ1) is 14.3. The molecule has 4 nitrogen and oxygen atoms in total. The predicted molar refractivity (Wildman–Crippen MR) is 83.9 cm³/mol. The maximum atomic E-state index is 13.7. The van der Waals surface area contributed by atoms with Crippen LogP contribution >= 0.6 is 23.8 Å². The Morgan fingerprint density at radius 2 is 2.10 bits per heavy atom. The molecule has 7 heteroatoms. The van der Waals surface area contributed by atoms with Gasteiger partial charge in [0.05, 0.1) is 28.3 Å². The van der Waals surface area contributed by atoms with Crippen molar-refractivity contribution in [3.63, 3.8) is 0 Å². The van der Waals surface area contributed by atoms with Gasteiger partial charge in [0.2, 0.25) is 0 Å². The van der Waals surface area contributed by atoms with E-state index in [4.69, 9.17) is 23.8 Å². The van der Waals surface area contributed by atoms with Gasteiger partial charge in [-0.25, -0.2) is 4.39 Å². The molecule has 0 unspecified atom stereocenters. The van der Waals surface area contributed by atoms with Crippen molar-refractivity contribution in [3.8, 4) is 0 Å². The summed E-state index contributed by atoms with van der Waals surface area (Å²) in [6, 6.07) is 2.96. The number of fused-ring (bicyclic) bond motifs is 1. The molecule has 0 saturated heterocycles. The molecule has 0 amide bonds. The number of hydrogen-bond donors (Lipinski definition) is 1. The van der Waals surface area contributed by atoms with Gasteiger partial charge in [-0.05, 0) is 32.1 Å². The van der Waals surface area contributed by atoms with E-state index in [1.807, 2.05) is 30.1 Å². The first-order valence-corrected chi connectivity index (χ1v) is 7.23. The third kappa shape index (κ3) is 2.28. The van der Waals surface area contributed by atoms with Gasteiger partial charge in [0, 0.05) is 24.4 Å². The van der Waals surface area contributed by atoms with Crippen LogP contribution in [-0.2, 0) is 13.6 Å². The molecule has 0 spiro atoms. The van der Waals surface area contributed by atoms with Gasteiger partial charge in [-0.1, -0.05) is 11.6 Å². The van der Waals surface area contributed by atoms with Gasteiger partial charge < -0.3 is 9.55 Å². The van der Waals surface area contributed by atoms with E-state index in [-0.39, 0.29) is 5.02 Å². The molecule has 0 radical (unpaired) electrons. The maximum Gasteiger partial charge on any atom is 0.178 e. The molecular formula is C14H14ClFN4S. The van der Waals surface area contributed by atoms with Crippen molar-refractivity contribution < 1.29 is 4.39 Å². The van der Waals surface area contributed by atoms with Crippen molar-refractivity contribution in [1.29, 1.82) is 0 Å². The number of aromatic amines is 1. The van der Waals surface area contributed by atoms with Crippen LogP contribution < -0.4 is 0 Å². The number of nitrogens with zero attached hydrogens (tertiary/aromatic N) is 3. The highest BCUT2D eigenvalue weighted by atomic mass is 35.5. The van der Waals surface area contributed by atoms with Crippen LogP contribution in [0.15, 0.2) is 12.1 Å². The van der Waals surface area contributed by atoms with Crippen LogP contribution in [0, 0.1) is 24.4 Å². The molecule has 3 rings (SSSR count). The molecule has 0 saturated carbocycles. The Labute approximate surface area is 131 Å². The van der Waals surface area contributed by atoms with E-state index in [0.717, 1.165) is 22.5 Å². The van der Waals surface area contributed by atoms with Gasteiger partial charge >= 0.3 is 0 Å². The summed E-state index contributed by atoms with van der Waals surface area (Å²) in [5.41, 5.74) is 4.53. The fourth-order valence-electron chi connectivity index (χ4n) is 2.51. The second-order valence-electron chi connectivity index (χ2n) is 5.07. The van der Waals surface area contributed by atoms with Crippen LogP contribution in [0.3, 0.4) is 0 Å². The average molecular weight is 325 g/mol. The highest BCUT2D eigenvalue weighted by Gasteiger charge is 2.14. The normalized spacial score (nSPS) is 11.5. The third-order valence-electron chi connectivity index (χ3n) is 3.79. The lowest BCUT2D eigenvalue weighted by Gasteiger charge is -2.06. The second kappa shape index (κ2) is 4.96. The summed E-state index contributed by atoms with van der Waals surface area (Å²) in [5.74, 6) is -0.452. The summed E-state index contributed by atoms with van der Waals surface area (Å²) in [6.07, 6.45) is 0. The molecular weight excluding hydrogens is 311 g/mol. The Morgan fingerprint density at radius 3 is 2.71 bits per heavy atom. The number of aryl methyl sites for hydroxylation is 2. The second-order valence-corrected chi connectivity index (χ2v) is 5.87. The molecule has 0 bridgehead atoms. The Hall–Kier alpha value is -1.66. The molecule has 0 fully saturated rings. The van der Waals surface area contributed by atoms with Gasteiger partial charge in [-0.2, -0.15) is 5.10 Å². The molecule has 0 aliphatic heterocycles. The summed E-state index contributed by atoms with van der Waals surface area (Å²) < 4.78 is 18.0. The lowest BCUT2D eigenvalue weighted by molar-refractivity contribution is 0.628. The molecule has 1 N–H and O–H groups in total. The molecule has 0 atom stereocenters. The quantitative estimate of drug-likeness (QED) is 0.726. The molecule has 2 heterocycles. The van der Waals surface area contributed by atoms with E-state index >= 15 is 0 Å². The topological polar surface area (TPSA) is 38.5 Å². The van der Waals surface area contributed by atoms with Gasteiger partial charge in [0.15, 0.2) is 4.77 Å². The molecule has 0 aliphatic rings. The van der Waals surface area contributed by atoms with Crippen LogP contribution in [-0.4, -0.2) is 19.3 Å². The molecule has 21 heavy (non-hydrogen) atoms. The number of benzene rings is 1. The van der Waals surface area contributed by atoms with Crippen LogP contribution in [0.1, 0.15) is 17.0 Å². The molecule has 2 aromatic heterocycles. The van der Waals surface area contributed by atoms with Gasteiger partial charge in [0.1, 0.15) is 5.82 Å². The summed E-state index contributed by atoms with van der Waals surface area (Å²) in [5, 5.41) is 4.48. The third-order valence-corrected chi connectivity index (χ3v) is 4.40. The first-order chi connectivity index (χ1) is 9.88. The molecule has 110 valence electrons. The van der Waals surface area contributed by atoms with Crippen LogP contribution in [0.25, 0.3) is 11.0 Å². The van der Waals surface area contributed by atoms with Crippen LogP contribution in [0.2, 0.25) is 5.02 Å². The van der Waals surface area contributed by atoms with Crippen molar-refractivity contribution in [3.05, 3.63) is 44.7 Å². The smallest absolute Gasteiger partial charge is 0.178 e. The zero-order valence-electron chi connectivity index (χ0n) is 11.9. The van der Waals surface area contributed by atoms with E-state index in [9.17, 15) is 4.39 Å². The van der Waals surface area contributed by atoms with Crippen molar-refractivity contribution in [1.82, 2.24) is 19.3 Å². The maximum absolute atomic E-state index is 13.7. The van der Waals surface area contributed by atoms with Crippen molar-refractivity contribution in [2.45, 2.75) is 20.4 Å². The first-order valence-electron chi connectivity index (χ1n) is 6.45. The largest absolute Gasteiger partial charge is 0.331 e. The van der Waals surface area contributed by atoms with Gasteiger partial charge in [-0.3, -0.25) is 4.68 Å². The lowest BCUT2D eigenvalue weighted by atomic mass is 10.2. The van der Waals surface area contributed by atoms with E-state index in [2.05, 4.69) is 10.1 Å². The zero-order valence-corrected chi connectivity index (χ0v) is 13.4. The monoisotopic (exact) mass is 324 g/mol. The summed E-state index contributed by atoms with van der Waals surface area (Å²) in [4.78, 5) is 3.06. The number of aromatic nitrogens is 4. The number of imidazole rings is 1. The number of nitrogens with one attached hydrogen (secondary N) is 1. The van der Waals surface area contributed by atoms with E-state index < -0.39 is 5.82 Å². The van der Waals surface area contributed by atoms with E-state index in [1.165, 1.54) is 6.07 Å². The number of H-pyrrole nitrogens is 1. The zero-order chi connectivity index (χ0) is 15.3. The average Bonchev–Trinajstić information content (AvgIpc) is 2.83. The molecule has 3 aromatic rings. The van der Waals surface area contributed by atoms with Gasteiger partial charge in [0.25, 0.3) is 0 Å². The Bertz CT molecular complexity index is 906. The van der Waals surface area contributed by atoms with Gasteiger partial charge in [-0.15, -0.1) is 0 Å². The van der Waals surface area contributed by atoms with Crippen molar-refractivity contribution in [2.24, 2.45) is 7.05 Å². The molecule has 0 aliphatic carbocycles. The minimum absolute atomic E-state index is 0.0830. The SMILES string of the molecule is Cc1nn(C)c(C)c1Cn1c(=S)[nH]c2cc(Cl)c(F)cc21. The number of rotatable bonds is 2. The summed E-state index contributed by atoms with van der Waals surface area (Å²) >= 11 is 11.2. The van der Waals surface area contributed by atoms with E-state index in [1.54, 1.807) is 6.07 Å². The van der Waals surface area contributed by atoms with E-state index in [0.29, 0.717) is 16.8 Å².